The number of thiophene rings is 1. The molecule has 2 amide bonds. The van der Waals surface area contributed by atoms with E-state index in [-0.39, 0.29) is 5.91 Å². The quantitative estimate of drug-likeness (QED) is 0.676. The first-order valence-corrected chi connectivity index (χ1v) is 7.33. The Morgan fingerprint density at radius 3 is 2.18 bits per heavy atom. The van der Waals surface area contributed by atoms with Crippen molar-refractivity contribution in [1.29, 1.82) is 0 Å². The first-order chi connectivity index (χ1) is 10.6. The maximum Gasteiger partial charge on any atom is 0.409 e. The van der Waals surface area contributed by atoms with Gasteiger partial charge >= 0.3 is 6.09 Å². The van der Waals surface area contributed by atoms with E-state index in [1.54, 1.807) is 24.3 Å². The molecule has 0 unspecified atom stereocenters. The summed E-state index contributed by atoms with van der Waals surface area (Å²) in [6.07, 6.45) is -1.12. The zero-order chi connectivity index (χ0) is 15.5. The van der Waals surface area contributed by atoms with Gasteiger partial charge in [-0.3, -0.25) is 10.1 Å². The van der Waals surface area contributed by atoms with Crippen LogP contribution in [0.4, 0.5) is 16.2 Å². The number of hydrogen-bond donors (Lipinski definition) is 3. The van der Waals surface area contributed by atoms with Gasteiger partial charge in [0, 0.05) is 16.1 Å². The summed E-state index contributed by atoms with van der Waals surface area (Å²) in [7, 11) is 0. The number of amides is 2. The van der Waals surface area contributed by atoms with Crippen LogP contribution in [0.15, 0.2) is 54.6 Å². The molecule has 110 valence electrons. The van der Waals surface area contributed by atoms with Crippen molar-refractivity contribution in [3.8, 4) is 0 Å². The van der Waals surface area contributed by atoms with Crippen molar-refractivity contribution in [2.75, 3.05) is 10.6 Å². The molecule has 0 atom stereocenters. The van der Waals surface area contributed by atoms with Crippen molar-refractivity contribution >= 4 is 44.8 Å². The fourth-order valence-corrected chi connectivity index (χ4v) is 3.00. The van der Waals surface area contributed by atoms with Gasteiger partial charge in [0.15, 0.2) is 0 Å². The van der Waals surface area contributed by atoms with Crippen LogP contribution in [0.2, 0.25) is 0 Å². The van der Waals surface area contributed by atoms with Crippen LogP contribution in [-0.2, 0) is 0 Å². The van der Waals surface area contributed by atoms with Crippen LogP contribution in [0.3, 0.4) is 0 Å². The molecule has 0 aliphatic carbocycles. The molecule has 1 heterocycles. The van der Waals surface area contributed by atoms with E-state index >= 15 is 0 Å². The second kappa shape index (κ2) is 5.87. The molecule has 5 nitrogen and oxygen atoms in total. The van der Waals surface area contributed by atoms with E-state index in [2.05, 4.69) is 10.6 Å². The highest BCUT2D eigenvalue weighted by Crippen LogP contribution is 2.26. The minimum atomic E-state index is -1.12. The largest absolute Gasteiger partial charge is 0.465 e. The molecule has 6 heteroatoms. The Balaban J connectivity index is 1.74. The van der Waals surface area contributed by atoms with Crippen molar-refractivity contribution in [1.82, 2.24) is 0 Å². The fraction of sp³-hybridized carbons (Fsp3) is 0. The first kappa shape index (κ1) is 14.1. The van der Waals surface area contributed by atoms with E-state index in [4.69, 9.17) is 5.11 Å². The van der Waals surface area contributed by atoms with Crippen molar-refractivity contribution in [2.24, 2.45) is 0 Å². The second-order valence-corrected chi connectivity index (χ2v) is 5.69. The predicted octanol–water partition coefficient (Wildman–Crippen LogP) is 4.24. The minimum Gasteiger partial charge on any atom is -0.465 e. The molecule has 0 fully saturated rings. The third-order valence-corrected chi connectivity index (χ3v) is 4.16. The number of rotatable bonds is 3. The number of fused-ring (bicyclic) bond motifs is 1. The Morgan fingerprint density at radius 2 is 1.55 bits per heavy atom. The fourth-order valence-electron chi connectivity index (χ4n) is 2.05. The van der Waals surface area contributed by atoms with Crippen LogP contribution < -0.4 is 10.6 Å². The summed E-state index contributed by atoms with van der Waals surface area (Å²) in [6.45, 7) is 0. The Morgan fingerprint density at radius 1 is 0.909 bits per heavy atom. The average Bonchev–Trinajstić information content (AvgIpc) is 2.93. The van der Waals surface area contributed by atoms with Crippen molar-refractivity contribution in [2.45, 2.75) is 0 Å². The van der Waals surface area contributed by atoms with Gasteiger partial charge in [-0.2, -0.15) is 0 Å². The highest BCUT2D eigenvalue weighted by atomic mass is 32.1. The Bertz CT molecular complexity index is 807. The Hall–Kier alpha value is -2.86. The molecule has 1 aromatic heterocycles. The molecule has 3 rings (SSSR count). The highest BCUT2D eigenvalue weighted by molar-refractivity contribution is 7.20. The highest BCUT2D eigenvalue weighted by Gasteiger charge is 2.10. The third-order valence-electron chi connectivity index (χ3n) is 3.04. The number of anilines is 2. The molecule has 0 radical (unpaired) electrons. The van der Waals surface area contributed by atoms with Crippen molar-refractivity contribution in [3.63, 3.8) is 0 Å². The average molecular weight is 312 g/mol. The smallest absolute Gasteiger partial charge is 0.409 e. The summed E-state index contributed by atoms with van der Waals surface area (Å²) >= 11 is 1.43. The van der Waals surface area contributed by atoms with Gasteiger partial charge in [0.05, 0.1) is 4.88 Å². The number of benzene rings is 2. The van der Waals surface area contributed by atoms with Crippen molar-refractivity contribution < 1.29 is 14.7 Å². The van der Waals surface area contributed by atoms with Gasteiger partial charge in [0.25, 0.3) is 5.91 Å². The van der Waals surface area contributed by atoms with Gasteiger partial charge in [0.1, 0.15) is 0 Å². The van der Waals surface area contributed by atoms with Gasteiger partial charge in [-0.1, -0.05) is 18.2 Å². The lowest BCUT2D eigenvalue weighted by Gasteiger charge is -2.05. The molecule has 0 aliphatic rings. The van der Waals surface area contributed by atoms with Crippen molar-refractivity contribution in [3.05, 3.63) is 59.5 Å². The van der Waals surface area contributed by atoms with Crippen LogP contribution in [0, 0.1) is 0 Å². The van der Waals surface area contributed by atoms with E-state index in [0.717, 1.165) is 10.1 Å². The number of carboxylic acid groups (broad SMARTS) is 1. The van der Waals surface area contributed by atoms with E-state index in [9.17, 15) is 9.59 Å². The number of nitrogens with one attached hydrogen (secondary N) is 2. The van der Waals surface area contributed by atoms with Crippen LogP contribution in [0.1, 0.15) is 9.67 Å². The lowest BCUT2D eigenvalue weighted by molar-refractivity contribution is 0.103. The number of carbonyl (C=O) groups is 2. The van der Waals surface area contributed by atoms with E-state index in [1.165, 1.54) is 11.3 Å². The van der Waals surface area contributed by atoms with Crippen LogP contribution in [0.25, 0.3) is 10.1 Å². The summed E-state index contributed by atoms with van der Waals surface area (Å²) in [6, 6.07) is 16.2. The lowest BCUT2D eigenvalue weighted by Crippen LogP contribution is -2.10. The van der Waals surface area contributed by atoms with Crippen LogP contribution in [-0.4, -0.2) is 17.1 Å². The van der Waals surface area contributed by atoms with E-state index < -0.39 is 6.09 Å². The van der Waals surface area contributed by atoms with Crippen LogP contribution in [0.5, 0.6) is 0 Å². The number of carbonyl (C=O) groups excluding carboxylic acids is 1. The third kappa shape index (κ3) is 3.07. The summed E-state index contributed by atoms with van der Waals surface area (Å²) in [4.78, 5) is 23.4. The molecule has 2 aromatic carbocycles. The van der Waals surface area contributed by atoms with Gasteiger partial charge in [-0.15, -0.1) is 11.3 Å². The molecule has 3 aromatic rings. The summed E-state index contributed by atoms with van der Waals surface area (Å²) < 4.78 is 1.06. The maximum absolute atomic E-state index is 12.2. The predicted molar refractivity (Wildman–Crippen MR) is 87.9 cm³/mol. The SMILES string of the molecule is O=C(O)Nc1ccc(NC(=O)c2cc3ccccc3s2)cc1. The zero-order valence-electron chi connectivity index (χ0n) is 11.4. The van der Waals surface area contributed by atoms with Crippen LogP contribution >= 0.6 is 11.3 Å². The van der Waals surface area contributed by atoms with E-state index in [0.29, 0.717) is 16.3 Å². The molecule has 3 N–H and O–H groups in total. The standard InChI is InChI=1S/C16H12N2O3S/c19-15(14-9-10-3-1-2-4-13(10)22-14)17-11-5-7-12(8-6-11)18-16(20)21/h1-9,18H,(H,17,19)(H,20,21). The van der Waals surface area contributed by atoms with Gasteiger partial charge in [-0.05, 0) is 41.8 Å². The molecular formula is C16H12N2O3S. The second-order valence-electron chi connectivity index (χ2n) is 4.61. The maximum atomic E-state index is 12.2. The first-order valence-electron chi connectivity index (χ1n) is 6.52. The molecule has 0 aliphatic heterocycles. The molecule has 22 heavy (non-hydrogen) atoms. The molecular weight excluding hydrogens is 300 g/mol. The molecule has 0 spiro atoms. The Labute approximate surface area is 130 Å². The molecule has 0 bridgehead atoms. The summed E-state index contributed by atoms with van der Waals surface area (Å²) in [5, 5.41) is 14.7. The zero-order valence-corrected chi connectivity index (χ0v) is 12.2. The minimum absolute atomic E-state index is 0.180. The summed E-state index contributed by atoms with van der Waals surface area (Å²) in [5.41, 5.74) is 1.06. The van der Waals surface area contributed by atoms with Gasteiger partial charge < -0.3 is 10.4 Å². The lowest BCUT2D eigenvalue weighted by atomic mass is 10.2. The number of hydrogen-bond acceptors (Lipinski definition) is 3. The van der Waals surface area contributed by atoms with E-state index in [1.807, 2.05) is 30.3 Å². The Kier molecular flexibility index (Phi) is 3.76. The summed E-state index contributed by atoms with van der Waals surface area (Å²) in [5.74, 6) is -0.180. The molecule has 0 saturated carbocycles. The van der Waals surface area contributed by atoms with Gasteiger partial charge in [0.2, 0.25) is 0 Å². The molecule has 0 saturated heterocycles. The monoisotopic (exact) mass is 312 g/mol. The topological polar surface area (TPSA) is 78.4 Å². The van der Waals surface area contributed by atoms with Gasteiger partial charge in [-0.25, -0.2) is 4.79 Å². The normalized spacial score (nSPS) is 10.4.